The van der Waals surface area contributed by atoms with Crippen LogP contribution in [0.15, 0.2) is 17.6 Å². The molecule has 0 aromatic carbocycles. The molecule has 2 aromatic rings. The van der Waals surface area contributed by atoms with Crippen LogP contribution in [-0.4, -0.2) is 27.8 Å². The fourth-order valence-electron chi connectivity index (χ4n) is 1.53. The van der Waals surface area contributed by atoms with Gasteiger partial charge in [0, 0.05) is 23.4 Å². The van der Waals surface area contributed by atoms with Gasteiger partial charge in [0.2, 0.25) is 0 Å². The van der Waals surface area contributed by atoms with Crippen LogP contribution in [0, 0.1) is 18.8 Å². The van der Waals surface area contributed by atoms with Crippen molar-refractivity contribution in [3.63, 3.8) is 0 Å². The topological polar surface area (TPSA) is 78.0 Å². The second-order valence-electron chi connectivity index (χ2n) is 3.83. The summed E-state index contributed by atoms with van der Waals surface area (Å²) < 4.78 is 0. The number of carbonyl (C=O) groups is 1. The van der Waals surface area contributed by atoms with Crippen molar-refractivity contribution in [2.24, 2.45) is 0 Å². The van der Waals surface area contributed by atoms with Gasteiger partial charge in [0.1, 0.15) is 11.5 Å². The van der Waals surface area contributed by atoms with Gasteiger partial charge >= 0.3 is 0 Å². The summed E-state index contributed by atoms with van der Waals surface area (Å²) in [4.78, 5) is 12.6. The molecule has 0 radical (unpaired) electrons. The summed E-state index contributed by atoms with van der Waals surface area (Å²) in [5, 5.41) is 20.0. The van der Waals surface area contributed by atoms with Gasteiger partial charge in [-0.2, -0.15) is 5.10 Å². The average Bonchev–Trinajstić information content (AvgIpc) is 3.02. The smallest absolute Gasteiger partial charge is 0.262 e. The third kappa shape index (κ3) is 3.22. The summed E-state index contributed by atoms with van der Waals surface area (Å²) in [6, 6.07) is 1.77. The highest BCUT2D eigenvalue weighted by Crippen LogP contribution is 2.16. The van der Waals surface area contributed by atoms with Crippen molar-refractivity contribution in [2.45, 2.75) is 13.5 Å². The minimum atomic E-state index is -0.217. The van der Waals surface area contributed by atoms with Crippen molar-refractivity contribution >= 4 is 17.2 Å². The van der Waals surface area contributed by atoms with Gasteiger partial charge in [-0.15, -0.1) is 11.3 Å². The van der Waals surface area contributed by atoms with Crippen LogP contribution in [0.4, 0.5) is 0 Å². The number of aromatic nitrogens is 2. The number of carbonyl (C=O) groups excluding carboxylic acids is 1. The lowest BCUT2D eigenvalue weighted by Gasteiger charge is -2.03. The molecule has 3 N–H and O–H groups in total. The number of H-pyrrole nitrogens is 1. The van der Waals surface area contributed by atoms with Crippen molar-refractivity contribution in [3.05, 3.63) is 39.3 Å². The lowest BCUT2D eigenvalue weighted by Crippen LogP contribution is -2.22. The van der Waals surface area contributed by atoms with E-state index in [4.69, 9.17) is 5.11 Å². The SMILES string of the molecule is Cc1[nH]ncc1CNC(=O)c1sccc1C#CCO. The molecule has 6 heteroatoms. The van der Waals surface area contributed by atoms with Crippen LogP contribution in [0.1, 0.15) is 26.5 Å². The molecule has 0 unspecified atom stereocenters. The summed E-state index contributed by atoms with van der Waals surface area (Å²) in [6.45, 7) is 2.11. The molecule has 0 aliphatic heterocycles. The Bertz CT molecular complexity index is 634. The molecule has 0 fully saturated rings. The van der Waals surface area contributed by atoms with Gasteiger partial charge in [0.25, 0.3) is 5.91 Å². The first-order valence-corrected chi connectivity index (χ1v) is 6.54. The van der Waals surface area contributed by atoms with E-state index in [1.807, 2.05) is 6.92 Å². The molecule has 2 rings (SSSR count). The van der Waals surface area contributed by atoms with E-state index in [0.29, 0.717) is 17.0 Å². The molecule has 2 heterocycles. The summed E-state index contributed by atoms with van der Waals surface area (Å²) >= 11 is 1.33. The predicted octanol–water partition coefficient (Wildman–Crippen LogP) is 1.05. The first kappa shape index (κ1) is 13.3. The van der Waals surface area contributed by atoms with Crippen LogP contribution in [0.25, 0.3) is 0 Å². The number of nitrogens with one attached hydrogen (secondary N) is 2. The maximum atomic E-state index is 12.0. The number of amides is 1. The normalized spacial score (nSPS) is 9.79. The third-order valence-corrected chi connectivity index (χ3v) is 3.46. The van der Waals surface area contributed by atoms with Gasteiger partial charge < -0.3 is 10.4 Å². The average molecular weight is 275 g/mol. The lowest BCUT2D eigenvalue weighted by atomic mass is 10.2. The van der Waals surface area contributed by atoms with E-state index in [9.17, 15) is 4.79 Å². The van der Waals surface area contributed by atoms with Crippen molar-refractivity contribution in [2.75, 3.05) is 6.61 Å². The van der Waals surface area contributed by atoms with Gasteiger partial charge in [-0.1, -0.05) is 11.8 Å². The van der Waals surface area contributed by atoms with Crippen LogP contribution < -0.4 is 5.32 Å². The molecule has 19 heavy (non-hydrogen) atoms. The molecule has 2 aromatic heterocycles. The Morgan fingerprint density at radius 2 is 2.47 bits per heavy atom. The number of rotatable bonds is 3. The first-order chi connectivity index (χ1) is 9.22. The molecule has 1 amide bonds. The maximum absolute atomic E-state index is 12.0. The molecule has 98 valence electrons. The van der Waals surface area contributed by atoms with E-state index in [1.165, 1.54) is 11.3 Å². The summed E-state index contributed by atoms with van der Waals surface area (Å²) in [5.74, 6) is 5.13. The van der Waals surface area contributed by atoms with Gasteiger partial charge in [0.15, 0.2) is 0 Å². The fourth-order valence-corrected chi connectivity index (χ4v) is 2.29. The van der Waals surface area contributed by atoms with Crippen LogP contribution >= 0.6 is 11.3 Å². The summed E-state index contributed by atoms with van der Waals surface area (Å²) in [6.07, 6.45) is 1.69. The Morgan fingerprint density at radius 1 is 1.63 bits per heavy atom. The van der Waals surface area contributed by atoms with Crippen molar-refractivity contribution in [3.8, 4) is 11.8 Å². The van der Waals surface area contributed by atoms with Gasteiger partial charge in [-0.3, -0.25) is 9.89 Å². The molecule has 5 nitrogen and oxygen atoms in total. The Balaban J connectivity index is 2.04. The fraction of sp³-hybridized carbons (Fsp3) is 0.231. The number of hydrogen-bond donors (Lipinski definition) is 3. The zero-order chi connectivity index (χ0) is 13.7. The summed E-state index contributed by atoms with van der Waals surface area (Å²) in [7, 11) is 0. The van der Waals surface area contributed by atoms with Crippen LogP contribution in [0.3, 0.4) is 0 Å². The van der Waals surface area contributed by atoms with E-state index >= 15 is 0 Å². The molecule has 0 aliphatic carbocycles. The first-order valence-electron chi connectivity index (χ1n) is 5.66. The van der Waals surface area contributed by atoms with Crippen LogP contribution in [0.2, 0.25) is 0 Å². The number of nitrogens with zero attached hydrogens (tertiary/aromatic N) is 1. The molecular formula is C13H13N3O2S. The van der Waals surface area contributed by atoms with E-state index in [0.717, 1.165) is 11.3 Å². The van der Waals surface area contributed by atoms with E-state index in [-0.39, 0.29) is 12.5 Å². The Morgan fingerprint density at radius 3 is 3.16 bits per heavy atom. The Labute approximate surface area is 114 Å². The zero-order valence-corrected chi connectivity index (χ0v) is 11.2. The number of aliphatic hydroxyl groups is 1. The largest absolute Gasteiger partial charge is 0.384 e. The zero-order valence-electron chi connectivity index (χ0n) is 10.4. The Kier molecular flexibility index (Phi) is 4.34. The van der Waals surface area contributed by atoms with Gasteiger partial charge in [-0.25, -0.2) is 0 Å². The monoisotopic (exact) mass is 275 g/mol. The quantitative estimate of drug-likeness (QED) is 0.733. The number of thiophene rings is 1. The molecule has 0 saturated heterocycles. The molecular weight excluding hydrogens is 262 g/mol. The molecule has 0 saturated carbocycles. The van der Waals surface area contributed by atoms with E-state index in [1.54, 1.807) is 17.6 Å². The van der Waals surface area contributed by atoms with E-state index < -0.39 is 0 Å². The van der Waals surface area contributed by atoms with Crippen LogP contribution in [0.5, 0.6) is 0 Å². The maximum Gasteiger partial charge on any atom is 0.262 e. The second-order valence-corrected chi connectivity index (χ2v) is 4.74. The second kappa shape index (κ2) is 6.18. The van der Waals surface area contributed by atoms with Gasteiger partial charge in [0.05, 0.1) is 6.20 Å². The number of aryl methyl sites for hydroxylation is 1. The van der Waals surface area contributed by atoms with Crippen molar-refractivity contribution in [1.29, 1.82) is 0 Å². The van der Waals surface area contributed by atoms with Gasteiger partial charge in [-0.05, 0) is 18.4 Å². The highest BCUT2D eigenvalue weighted by atomic mass is 32.1. The molecule has 0 atom stereocenters. The van der Waals surface area contributed by atoms with Crippen molar-refractivity contribution < 1.29 is 9.90 Å². The van der Waals surface area contributed by atoms with Crippen LogP contribution in [-0.2, 0) is 6.54 Å². The van der Waals surface area contributed by atoms with Crippen molar-refractivity contribution in [1.82, 2.24) is 15.5 Å². The predicted molar refractivity (Wildman–Crippen MR) is 72.8 cm³/mol. The molecule has 0 aliphatic rings. The minimum absolute atomic E-state index is 0.169. The Hall–Kier alpha value is -2.10. The summed E-state index contributed by atoms with van der Waals surface area (Å²) in [5.41, 5.74) is 2.53. The third-order valence-electron chi connectivity index (χ3n) is 2.55. The lowest BCUT2D eigenvalue weighted by molar-refractivity contribution is 0.0954. The number of aliphatic hydroxyl groups excluding tert-OH is 1. The number of aromatic amines is 1. The molecule has 0 bridgehead atoms. The highest BCUT2D eigenvalue weighted by Gasteiger charge is 2.12. The molecule has 0 spiro atoms. The van der Waals surface area contributed by atoms with E-state index in [2.05, 4.69) is 27.4 Å². The standard InChI is InChI=1S/C13H13N3O2S/c1-9-11(8-15-16-9)7-14-13(18)12-10(3-2-5-17)4-6-19-12/h4,6,8,17H,5,7H2,1H3,(H,14,18)(H,15,16). The minimum Gasteiger partial charge on any atom is -0.384 e. The highest BCUT2D eigenvalue weighted by molar-refractivity contribution is 7.12. The number of hydrogen-bond acceptors (Lipinski definition) is 4.